The van der Waals surface area contributed by atoms with Crippen LogP contribution in [-0.4, -0.2) is 28.5 Å². The van der Waals surface area contributed by atoms with Crippen LogP contribution in [0.3, 0.4) is 0 Å². The summed E-state index contributed by atoms with van der Waals surface area (Å²) in [7, 11) is 1.90. The third-order valence-corrected chi connectivity index (χ3v) is 3.58. The van der Waals surface area contributed by atoms with Crippen molar-refractivity contribution < 1.29 is 5.11 Å². The predicted molar refractivity (Wildman–Crippen MR) is 83.6 cm³/mol. The van der Waals surface area contributed by atoms with Crippen molar-refractivity contribution in [3.63, 3.8) is 0 Å². The van der Waals surface area contributed by atoms with E-state index in [1.54, 1.807) is 12.3 Å². The van der Waals surface area contributed by atoms with Gasteiger partial charge >= 0.3 is 0 Å². The summed E-state index contributed by atoms with van der Waals surface area (Å²) in [6, 6.07) is 9.15. The highest BCUT2D eigenvalue weighted by Crippen LogP contribution is 2.15. The van der Waals surface area contributed by atoms with E-state index in [0.29, 0.717) is 0 Å². The number of aliphatic hydroxyl groups is 1. The number of rotatable bonds is 5. The van der Waals surface area contributed by atoms with Crippen LogP contribution >= 0.6 is 0 Å². The Kier molecular flexibility index (Phi) is 4.75. The van der Waals surface area contributed by atoms with Gasteiger partial charge in [0.15, 0.2) is 0 Å². The molecule has 1 heterocycles. The van der Waals surface area contributed by atoms with E-state index in [1.165, 1.54) is 4.68 Å². The summed E-state index contributed by atoms with van der Waals surface area (Å²) < 4.78 is 1.29. The van der Waals surface area contributed by atoms with Gasteiger partial charge in [0.1, 0.15) is 0 Å². The number of hydrogen-bond acceptors (Lipinski definition) is 4. The molecule has 5 nitrogen and oxygen atoms in total. The zero-order chi connectivity index (χ0) is 15.4. The third kappa shape index (κ3) is 3.70. The molecule has 0 radical (unpaired) electrons. The fraction of sp³-hybridized carbons (Fsp3) is 0.375. The van der Waals surface area contributed by atoms with E-state index in [1.807, 2.05) is 50.1 Å². The van der Waals surface area contributed by atoms with Gasteiger partial charge in [0.2, 0.25) is 0 Å². The van der Waals surface area contributed by atoms with E-state index in [-0.39, 0.29) is 12.1 Å². The van der Waals surface area contributed by atoms with Crippen molar-refractivity contribution in [3.05, 3.63) is 58.0 Å². The number of benzene rings is 1. The Bertz CT molecular complexity index is 649. The highest BCUT2D eigenvalue weighted by atomic mass is 16.3. The highest BCUT2D eigenvalue weighted by molar-refractivity contribution is 5.41. The molecule has 0 spiro atoms. The maximum absolute atomic E-state index is 12.0. The molecule has 0 aliphatic heterocycles. The van der Waals surface area contributed by atoms with Crippen LogP contribution in [0.15, 0.2) is 41.3 Å². The van der Waals surface area contributed by atoms with Gasteiger partial charge in [-0.3, -0.25) is 4.79 Å². The molecule has 0 bridgehead atoms. The Morgan fingerprint density at radius 2 is 2.00 bits per heavy atom. The minimum atomic E-state index is -0.745. The van der Waals surface area contributed by atoms with Crippen LogP contribution in [-0.2, 0) is 6.54 Å². The van der Waals surface area contributed by atoms with Gasteiger partial charge in [-0.15, -0.1) is 0 Å². The third-order valence-electron chi connectivity index (χ3n) is 3.58. The second kappa shape index (κ2) is 6.54. The molecular weight excluding hydrogens is 266 g/mol. The lowest BCUT2D eigenvalue weighted by Crippen LogP contribution is -2.27. The van der Waals surface area contributed by atoms with Crippen molar-refractivity contribution in [2.45, 2.75) is 26.5 Å². The van der Waals surface area contributed by atoms with Gasteiger partial charge in [-0.25, -0.2) is 4.68 Å². The lowest BCUT2D eigenvalue weighted by molar-refractivity contribution is 0.149. The van der Waals surface area contributed by atoms with Crippen molar-refractivity contribution in [2.24, 2.45) is 0 Å². The summed E-state index contributed by atoms with van der Waals surface area (Å²) in [6.07, 6.45) is 0.901. The minimum Gasteiger partial charge on any atom is -0.386 e. The van der Waals surface area contributed by atoms with Crippen molar-refractivity contribution in [1.82, 2.24) is 9.78 Å². The normalized spacial score (nSPS) is 12.2. The van der Waals surface area contributed by atoms with Crippen LogP contribution in [0, 0.1) is 6.92 Å². The fourth-order valence-electron chi connectivity index (χ4n) is 2.01. The summed E-state index contributed by atoms with van der Waals surface area (Å²) >= 11 is 0. The van der Waals surface area contributed by atoms with Crippen molar-refractivity contribution >= 4 is 5.69 Å². The lowest BCUT2D eigenvalue weighted by Gasteiger charge is -2.17. The maximum atomic E-state index is 12.0. The van der Waals surface area contributed by atoms with Gasteiger partial charge in [0.25, 0.3) is 5.56 Å². The van der Waals surface area contributed by atoms with E-state index in [9.17, 15) is 9.90 Å². The first kappa shape index (κ1) is 15.3. The molecule has 5 heteroatoms. The standard InChI is InChI=1S/C16H21N3O2/c1-4-18(3)14-9-16(21)19(17-10-14)11-15(20)13-7-5-12(2)6-8-13/h5-10,15,20H,4,11H2,1-3H3. The SMILES string of the molecule is CCN(C)c1cnn(CC(O)c2ccc(C)cc2)c(=O)c1. The maximum Gasteiger partial charge on any atom is 0.268 e. The van der Waals surface area contributed by atoms with Gasteiger partial charge in [-0.05, 0) is 19.4 Å². The van der Waals surface area contributed by atoms with E-state index < -0.39 is 6.10 Å². The molecule has 112 valence electrons. The Morgan fingerprint density at radius 3 is 2.57 bits per heavy atom. The molecule has 21 heavy (non-hydrogen) atoms. The van der Waals surface area contributed by atoms with Crippen LogP contribution in [0.25, 0.3) is 0 Å². The number of aryl methyl sites for hydroxylation is 1. The molecule has 1 atom stereocenters. The van der Waals surface area contributed by atoms with Crippen molar-refractivity contribution in [2.75, 3.05) is 18.5 Å². The topological polar surface area (TPSA) is 58.4 Å². The summed E-state index contributed by atoms with van der Waals surface area (Å²) in [4.78, 5) is 14.0. The summed E-state index contributed by atoms with van der Waals surface area (Å²) in [5.41, 5.74) is 2.49. The Morgan fingerprint density at radius 1 is 1.33 bits per heavy atom. The number of anilines is 1. The van der Waals surface area contributed by atoms with Gasteiger partial charge in [-0.2, -0.15) is 5.10 Å². The Labute approximate surface area is 124 Å². The molecule has 1 N–H and O–H groups in total. The average molecular weight is 287 g/mol. The monoisotopic (exact) mass is 287 g/mol. The van der Waals surface area contributed by atoms with Crippen LogP contribution in [0.4, 0.5) is 5.69 Å². The molecule has 2 rings (SSSR count). The number of aliphatic hydroxyl groups excluding tert-OH is 1. The van der Waals surface area contributed by atoms with Gasteiger partial charge in [0.05, 0.1) is 24.5 Å². The quantitative estimate of drug-likeness (QED) is 0.910. The van der Waals surface area contributed by atoms with Gasteiger partial charge in [-0.1, -0.05) is 29.8 Å². The smallest absolute Gasteiger partial charge is 0.268 e. The number of hydrogen-bond donors (Lipinski definition) is 1. The molecule has 0 fully saturated rings. The summed E-state index contributed by atoms with van der Waals surface area (Å²) in [5, 5.41) is 14.3. The summed E-state index contributed by atoms with van der Waals surface area (Å²) in [6.45, 7) is 4.95. The van der Waals surface area contributed by atoms with E-state index in [4.69, 9.17) is 0 Å². The first-order valence-electron chi connectivity index (χ1n) is 7.04. The zero-order valence-electron chi connectivity index (χ0n) is 12.7. The van der Waals surface area contributed by atoms with Gasteiger partial charge in [0, 0.05) is 19.7 Å². The van der Waals surface area contributed by atoms with Crippen LogP contribution in [0.2, 0.25) is 0 Å². The molecule has 2 aromatic rings. The molecule has 0 aliphatic carbocycles. The summed E-state index contributed by atoms with van der Waals surface area (Å²) in [5.74, 6) is 0. The molecular formula is C16H21N3O2. The van der Waals surface area contributed by atoms with E-state index in [0.717, 1.165) is 23.4 Å². The minimum absolute atomic E-state index is 0.151. The Hall–Kier alpha value is -2.14. The molecule has 1 unspecified atom stereocenters. The van der Waals surface area contributed by atoms with E-state index >= 15 is 0 Å². The first-order chi connectivity index (χ1) is 10.0. The first-order valence-corrected chi connectivity index (χ1v) is 7.04. The second-order valence-electron chi connectivity index (χ2n) is 5.17. The highest BCUT2D eigenvalue weighted by Gasteiger charge is 2.11. The van der Waals surface area contributed by atoms with Crippen molar-refractivity contribution in [1.29, 1.82) is 0 Å². The molecule has 0 saturated carbocycles. The largest absolute Gasteiger partial charge is 0.386 e. The second-order valence-corrected chi connectivity index (χ2v) is 5.17. The van der Waals surface area contributed by atoms with Crippen LogP contribution in [0.1, 0.15) is 24.2 Å². The van der Waals surface area contributed by atoms with E-state index in [2.05, 4.69) is 5.10 Å². The number of aromatic nitrogens is 2. The Balaban J connectivity index is 2.16. The molecule has 0 aliphatic rings. The zero-order valence-corrected chi connectivity index (χ0v) is 12.7. The van der Waals surface area contributed by atoms with Crippen LogP contribution in [0.5, 0.6) is 0 Å². The average Bonchev–Trinajstić information content (AvgIpc) is 2.49. The predicted octanol–water partition coefficient (Wildman–Crippen LogP) is 1.74. The molecule has 0 saturated heterocycles. The van der Waals surface area contributed by atoms with Crippen molar-refractivity contribution in [3.8, 4) is 0 Å². The molecule has 1 aromatic carbocycles. The number of nitrogens with zero attached hydrogens (tertiary/aromatic N) is 3. The lowest BCUT2D eigenvalue weighted by atomic mass is 10.1. The molecule has 0 amide bonds. The van der Waals surface area contributed by atoms with Gasteiger partial charge < -0.3 is 10.0 Å². The fourth-order valence-corrected chi connectivity index (χ4v) is 2.01. The van der Waals surface area contributed by atoms with Crippen LogP contribution < -0.4 is 10.5 Å². The molecule has 1 aromatic heterocycles.